The first-order chi connectivity index (χ1) is 13.3. The van der Waals surface area contributed by atoms with E-state index in [-0.39, 0.29) is 11.0 Å². The first kappa shape index (κ1) is 17.8. The van der Waals surface area contributed by atoms with Gasteiger partial charge in [-0.05, 0) is 74.2 Å². The van der Waals surface area contributed by atoms with Gasteiger partial charge < -0.3 is 4.74 Å². The van der Waals surface area contributed by atoms with E-state index in [1.165, 1.54) is 57.3 Å². The van der Waals surface area contributed by atoms with E-state index in [1.807, 2.05) is 23.6 Å². The Kier molecular flexibility index (Phi) is 4.83. The molecule has 0 bridgehead atoms. The third-order valence-electron chi connectivity index (χ3n) is 7.17. The molecule has 2 aromatic rings. The molecule has 2 aromatic heterocycles. The zero-order chi connectivity index (χ0) is 18.2. The van der Waals surface area contributed by atoms with Crippen LogP contribution in [0.3, 0.4) is 0 Å². The summed E-state index contributed by atoms with van der Waals surface area (Å²) in [5, 5.41) is 2.26. The molecule has 2 aliphatic heterocycles. The second kappa shape index (κ2) is 7.31. The SMILES string of the molecule is c1ccc([C@]2(CCN3CCc4sccc4C3)CCOC3(CCCC3)C2)nc1. The Balaban J connectivity index is 1.36. The highest BCUT2D eigenvalue weighted by Gasteiger charge is 2.48. The largest absolute Gasteiger partial charge is 0.375 e. The fourth-order valence-corrected chi connectivity index (χ4v) is 6.56. The highest BCUT2D eigenvalue weighted by atomic mass is 32.1. The third-order valence-corrected chi connectivity index (χ3v) is 8.19. The van der Waals surface area contributed by atoms with Crippen molar-refractivity contribution >= 4 is 11.3 Å². The second-order valence-electron chi connectivity index (χ2n) is 8.81. The number of aromatic nitrogens is 1. The Bertz CT molecular complexity index is 768. The van der Waals surface area contributed by atoms with E-state index in [2.05, 4.69) is 28.5 Å². The molecule has 1 spiro atoms. The number of pyridine rings is 1. The highest BCUT2D eigenvalue weighted by molar-refractivity contribution is 7.10. The van der Waals surface area contributed by atoms with Gasteiger partial charge in [0, 0.05) is 41.9 Å². The molecule has 1 saturated heterocycles. The van der Waals surface area contributed by atoms with Gasteiger partial charge in [0.25, 0.3) is 0 Å². The lowest BCUT2D eigenvalue weighted by Crippen LogP contribution is -2.48. The molecule has 4 heterocycles. The fourth-order valence-electron chi connectivity index (χ4n) is 5.67. The normalized spacial score (nSPS) is 27.7. The van der Waals surface area contributed by atoms with Gasteiger partial charge in [-0.1, -0.05) is 18.9 Å². The maximum atomic E-state index is 6.39. The van der Waals surface area contributed by atoms with Crippen LogP contribution in [-0.4, -0.2) is 35.2 Å². The van der Waals surface area contributed by atoms with Gasteiger partial charge in [0.1, 0.15) is 0 Å². The number of ether oxygens (including phenoxy) is 1. The van der Waals surface area contributed by atoms with Crippen LogP contribution in [0.1, 0.15) is 61.1 Å². The van der Waals surface area contributed by atoms with Crippen LogP contribution in [-0.2, 0) is 23.1 Å². The first-order valence-corrected chi connectivity index (χ1v) is 11.5. The van der Waals surface area contributed by atoms with E-state index in [0.29, 0.717) is 0 Å². The van der Waals surface area contributed by atoms with E-state index < -0.39 is 0 Å². The second-order valence-corrected chi connectivity index (χ2v) is 9.81. The number of nitrogens with zero attached hydrogens (tertiary/aromatic N) is 2. The van der Waals surface area contributed by atoms with Crippen LogP contribution < -0.4 is 0 Å². The monoisotopic (exact) mass is 382 g/mol. The summed E-state index contributed by atoms with van der Waals surface area (Å²) in [6.45, 7) is 4.39. The number of hydrogen-bond acceptors (Lipinski definition) is 4. The average molecular weight is 383 g/mol. The Morgan fingerprint density at radius 1 is 1.15 bits per heavy atom. The number of hydrogen-bond donors (Lipinski definition) is 0. The number of thiophene rings is 1. The molecular weight excluding hydrogens is 352 g/mol. The fraction of sp³-hybridized carbons (Fsp3) is 0.609. The van der Waals surface area contributed by atoms with Crippen molar-refractivity contribution in [2.24, 2.45) is 0 Å². The van der Waals surface area contributed by atoms with Gasteiger partial charge >= 0.3 is 0 Å². The van der Waals surface area contributed by atoms with E-state index >= 15 is 0 Å². The van der Waals surface area contributed by atoms with Crippen LogP contribution in [0.25, 0.3) is 0 Å². The quantitative estimate of drug-likeness (QED) is 0.748. The van der Waals surface area contributed by atoms with Crippen molar-refractivity contribution in [1.29, 1.82) is 0 Å². The molecule has 3 aliphatic rings. The molecule has 3 nitrogen and oxygen atoms in total. The van der Waals surface area contributed by atoms with Crippen LogP contribution in [0, 0.1) is 0 Å². The zero-order valence-electron chi connectivity index (χ0n) is 16.2. The lowest BCUT2D eigenvalue weighted by Gasteiger charge is -2.47. The third kappa shape index (κ3) is 3.48. The summed E-state index contributed by atoms with van der Waals surface area (Å²) >= 11 is 1.93. The van der Waals surface area contributed by atoms with E-state index in [0.717, 1.165) is 26.0 Å². The molecule has 0 aromatic carbocycles. The summed E-state index contributed by atoms with van der Waals surface area (Å²) in [5.74, 6) is 0. The van der Waals surface area contributed by atoms with E-state index in [4.69, 9.17) is 9.72 Å². The minimum atomic E-state index is 0.123. The smallest absolute Gasteiger partial charge is 0.0691 e. The predicted molar refractivity (Wildman–Crippen MR) is 110 cm³/mol. The molecule has 1 saturated carbocycles. The van der Waals surface area contributed by atoms with Crippen LogP contribution in [0.4, 0.5) is 0 Å². The van der Waals surface area contributed by atoms with Crippen LogP contribution in [0.5, 0.6) is 0 Å². The van der Waals surface area contributed by atoms with Crippen molar-refractivity contribution in [2.45, 2.75) is 68.9 Å². The summed E-state index contributed by atoms with van der Waals surface area (Å²) in [5.41, 5.74) is 3.15. The van der Waals surface area contributed by atoms with Crippen LogP contribution in [0.2, 0.25) is 0 Å². The average Bonchev–Trinajstić information content (AvgIpc) is 3.36. The van der Waals surface area contributed by atoms with Crippen molar-refractivity contribution in [2.75, 3.05) is 19.7 Å². The van der Waals surface area contributed by atoms with Crippen molar-refractivity contribution < 1.29 is 4.74 Å². The summed E-state index contributed by atoms with van der Waals surface area (Å²) in [7, 11) is 0. The maximum Gasteiger partial charge on any atom is 0.0691 e. The van der Waals surface area contributed by atoms with E-state index in [9.17, 15) is 0 Å². The van der Waals surface area contributed by atoms with Gasteiger partial charge in [-0.3, -0.25) is 9.88 Å². The standard InChI is InChI=1S/C23H30N2OS/c1-4-12-24-21(5-1)22(11-15-26-23(18-22)8-2-3-9-23)10-14-25-13-6-20-19(17-25)7-16-27-20/h1,4-5,7,12,16H,2-3,6,8-11,13-15,17-18H2/t22-/m1/s1. The summed E-state index contributed by atoms with van der Waals surface area (Å²) in [6.07, 6.45) is 11.8. The summed E-state index contributed by atoms with van der Waals surface area (Å²) in [4.78, 5) is 9.11. The molecular formula is C23H30N2OS. The molecule has 0 radical (unpaired) electrons. The maximum absolute atomic E-state index is 6.39. The lowest BCUT2D eigenvalue weighted by molar-refractivity contribution is -0.105. The van der Waals surface area contributed by atoms with Crippen LogP contribution >= 0.6 is 11.3 Å². The van der Waals surface area contributed by atoms with Gasteiger partial charge in [0.15, 0.2) is 0 Å². The Morgan fingerprint density at radius 2 is 2.07 bits per heavy atom. The summed E-state index contributed by atoms with van der Waals surface area (Å²) in [6, 6.07) is 8.80. The number of rotatable bonds is 4. The predicted octanol–water partition coefficient (Wildman–Crippen LogP) is 4.95. The van der Waals surface area contributed by atoms with Crippen molar-refractivity contribution in [3.63, 3.8) is 0 Å². The highest BCUT2D eigenvalue weighted by Crippen LogP contribution is 2.49. The van der Waals surface area contributed by atoms with Gasteiger partial charge in [-0.2, -0.15) is 0 Å². The van der Waals surface area contributed by atoms with Gasteiger partial charge in [0.2, 0.25) is 0 Å². The molecule has 27 heavy (non-hydrogen) atoms. The lowest BCUT2D eigenvalue weighted by atomic mass is 9.68. The molecule has 1 aliphatic carbocycles. The topological polar surface area (TPSA) is 25.4 Å². The van der Waals surface area contributed by atoms with Crippen molar-refractivity contribution in [3.8, 4) is 0 Å². The van der Waals surface area contributed by atoms with E-state index in [1.54, 1.807) is 10.4 Å². The minimum Gasteiger partial charge on any atom is -0.375 e. The van der Waals surface area contributed by atoms with Gasteiger partial charge in [0.05, 0.1) is 5.60 Å². The van der Waals surface area contributed by atoms with Gasteiger partial charge in [-0.15, -0.1) is 11.3 Å². The molecule has 2 fully saturated rings. The Morgan fingerprint density at radius 3 is 2.93 bits per heavy atom. The Labute approximate surface area is 166 Å². The zero-order valence-corrected chi connectivity index (χ0v) is 17.0. The molecule has 5 rings (SSSR count). The van der Waals surface area contributed by atoms with Crippen LogP contribution in [0.15, 0.2) is 35.8 Å². The molecule has 1 atom stereocenters. The number of fused-ring (bicyclic) bond motifs is 1. The summed E-state index contributed by atoms with van der Waals surface area (Å²) < 4.78 is 6.39. The Hall–Kier alpha value is -1.23. The van der Waals surface area contributed by atoms with Crippen molar-refractivity contribution in [3.05, 3.63) is 52.0 Å². The molecule has 0 amide bonds. The molecule has 0 unspecified atom stereocenters. The first-order valence-electron chi connectivity index (χ1n) is 10.6. The molecule has 4 heteroatoms. The van der Waals surface area contributed by atoms with Gasteiger partial charge in [-0.25, -0.2) is 0 Å². The van der Waals surface area contributed by atoms with Crippen molar-refractivity contribution in [1.82, 2.24) is 9.88 Å². The molecule has 144 valence electrons. The minimum absolute atomic E-state index is 0.123. The molecule has 0 N–H and O–H groups in total.